The third kappa shape index (κ3) is 6.54. The van der Waals surface area contributed by atoms with Crippen molar-refractivity contribution in [3.8, 4) is 17.6 Å². The second-order valence-electron chi connectivity index (χ2n) is 8.93. The predicted molar refractivity (Wildman–Crippen MR) is 125 cm³/mol. The molecule has 0 radical (unpaired) electrons. The highest BCUT2D eigenvalue weighted by Gasteiger charge is 2.39. The van der Waals surface area contributed by atoms with E-state index in [1.165, 1.54) is 6.08 Å². The zero-order valence-corrected chi connectivity index (χ0v) is 19.4. The minimum atomic E-state index is -4.38. The molecule has 1 fully saturated rings. The summed E-state index contributed by atoms with van der Waals surface area (Å²) in [5.41, 5.74) is 1.02. The molecule has 3 rings (SSSR count). The van der Waals surface area contributed by atoms with Crippen LogP contribution in [0.4, 0.5) is 13.2 Å². The van der Waals surface area contributed by atoms with Gasteiger partial charge in [-0.05, 0) is 61.3 Å². The zero-order chi connectivity index (χ0) is 24.9. The zero-order valence-electron chi connectivity index (χ0n) is 19.4. The van der Waals surface area contributed by atoms with Crippen molar-refractivity contribution in [2.75, 3.05) is 13.7 Å². The minimum absolute atomic E-state index is 0.0363. The van der Waals surface area contributed by atoms with Crippen molar-refractivity contribution in [3.63, 3.8) is 0 Å². The van der Waals surface area contributed by atoms with Gasteiger partial charge in [0.05, 0.1) is 18.7 Å². The van der Waals surface area contributed by atoms with Crippen molar-refractivity contribution in [2.24, 2.45) is 11.8 Å². The van der Waals surface area contributed by atoms with Gasteiger partial charge < -0.3 is 9.84 Å². The Hall–Kier alpha value is -2.98. The topological polar surface area (TPSA) is 49.8 Å². The van der Waals surface area contributed by atoms with Crippen LogP contribution in [0.25, 0.3) is 0 Å². The summed E-state index contributed by atoms with van der Waals surface area (Å²) in [6.45, 7) is 6.30. The summed E-state index contributed by atoms with van der Waals surface area (Å²) in [6.07, 6.45) is 1.20. The van der Waals surface area contributed by atoms with Crippen LogP contribution in [-0.2, 0) is 4.79 Å². The minimum Gasteiger partial charge on any atom is -0.497 e. The van der Waals surface area contributed by atoms with E-state index in [9.17, 15) is 23.1 Å². The number of alkyl halides is 3. The molecule has 1 unspecified atom stereocenters. The molecular formula is C27H30F3NO3. The molecular weight excluding hydrogens is 443 g/mol. The maximum atomic E-state index is 13.1. The Morgan fingerprint density at radius 1 is 1.32 bits per heavy atom. The molecule has 182 valence electrons. The van der Waals surface area contributed by atoms with E-state index in [1.807, 2.05) is 31.2 Å². The molecule has 1 heterocycles. The van der Waals surface area contributed by atoms with E-state index in [1.54, 1.807) is 13.2 Å². The van der Waals surface area contributed by atoms with Crippen LogP contribution in [0.3, 0.4) is 0 Å². The highest BCUT2D eigenvalue weighted by atomic mass is 19.4. The smallest absolute Gasteiger partial charge is 0.416 e. The molecule has 0 aromatic heterocycles. The maximum Gasteiger partial charge on any atom is 0.416 e. The number of carbonyl (C=O) groups is 1. The molecule has 1 aliphatic heterocycles. The molecule has 4 nitrogen and oxygen atoms in total. The summed E-state index contributed by atoms with van der Waals surface area (Å²) in [4.78, 5) is 13.6. The van der Waals surface area contributed by atoms with Gasteiger partial charge in [0.15, 0.2) is 0 Å². The van der Waals surface area contributed by atoms with Crippen molar-refractivity contribution < 1.29 is 27.8 Å². The maximum absolute atomic E-state index is 13.1. The standard InChI is InChI=1S/C27H30F3NO3/c1-18(2)4-13-24(20-7-11-23(34-3)12-8-20)31-15-14-19(17-26(32)33)16-25(31)21-5-9-22(10-6-21)27(28,29)30/h5,7-12,19,21,24-25H,1,6,14-17H2,2-3H3,(H,32,33)/t19-,21?,24-,25+/m0/s1. The van der Waals surface area contributed by atoms with Crippen LogP contribution >= 0.6 is 0 Å². The number of benzene rings is 1. The number of allylic oxidation sites excluding steroid dienone is 4. The van der Waals surface area contributed by atoms with Gasteiger partial charge in [-0.15, -0.1) is 0 Å². The molecule has 0 saturated carbocycles. The van der Waals surface area contributed by atoms with Gasteiger partial charge in [-0.25, -0.2) is 0 Å². The number of piperidine rings is 1. The van der Waals surface area contributed by atoms with Gasteiger partial charge in [-0.3, -0.25) is 9.69 Å². The summed E-state index contributed by atoms with van der Waals surface area (Å²) < 4.78 is 44.7. The Morgan fingerprint density at radius 3 is 2.56 bits per heavy atom. The second-order valence-corrected chi connectivity index (χ2v) is 8.93. The lowest BCUT2D eigenvalue weighted by Gasteiger charge is -2.45. The van der Waals surface area contributed by atoms with E-state index in [2.05, 4.69) is 23.3 Å². The number of nitrogens with zero attached hydrogens (tertiary/aromatic N) is 1. The van der Waals surface area contributed by atoms with Crippen LogP contribution in [0.5, 0.6) is 5.75 Å². The fourth-order valence-electron chi connectivity index (χ4n) is 4.73. The summed E-state index contributed by atoms with van der Waals surface area (Å²) in [7, 11) is 1.59. The summed E-state index contributed by atoms with van der Waals surface area (Å²) in [5, 5.41) is 9.33. The van der Waals surface area contributed by atoms with E-state index < -0.39 is 17.7 Å². The van der Waals surface area contributed by atoms with Crippen LogP contribution in [0.15, 0.2) is 60.2 Å². The third-order valence-electron chi connectivity index (χ3n) is 6.40. The first-order valence-corrected chi connectivity index (χ1v) is 11.3. The predicted octanol–water partition coefficient (Wildman–Crippen LogP) is 5.94. The molecule has 1 N–H and O–H groups in total. The number of aliphatic carboxylic acids is 1. The van der Waals surface area contributed by atoms with Crippen LogP contribution in [-0.4, -0.2) is 41.8 Å². The van der Waals surface area contributed by atoms with E-state index >= 15 is 0 Å². The number of halogens is 3. The van der Waals surface area contributed by atoms with Crippen molar-refractivity contribution in [1.82, 2.24) is 4.90 Å². The van der Waals surface area contributed by atoms with Gasteiger partial charge in [-0.2, -0.15) is 13.2 Å². The second kappa shape index (κ2) is 11.0. The average Bonchev–Trinajstić information content (AvgIpc) is 2.79. The first-order valence-electron chi connectivity index (χ1n) is 11.3. The fourth-order valence-corrected chi connectivity index (χ4v) is 4.73. The highest BCUT2D eigenvalue weighted by molar-refractivity contribution is 5.67. The largest absolute Gasteiger partial charge is 0.497 e. The normalized spacial score (nSPS) is 23.9. The Morgan fingerprint density at radius 2 is 2.03 bits per heavy atom. The van der Waals surface area contributed by atoms with Crippen LogP contribution < -0.4 is 4.74 Å². The van der Waals surface area contributed by atoms with Gasteiger partial charge in [0, 0.05) is 19.0 Å². The van der Waals surface area contributed by atoms with Gasteiger partial charge in [0.2, 0.25) is 0 Å². The number of carboxylic acids is 1. The van der Waals surface area contributed by atoms with Gasteiger partial charge in [0.1, 0.15) is 5.75 Å². The molecule has 1 saturated heterocycles. The molecule has 1 aromatic carbocycles. The molecule has 1 aliphatic carbocycles. The van der Waals surface area contributed by atoms with E-state index in [0.717, 1.165) is 11.6 Å². The van der Waals surface area contributed by atoms with Crippen molar-refractivity contribution in [1.29, 1.82) is 0 Å². The molecule has 4 atom stereocenters. The number of ether oxygens (including phenoxy) is 1. The monoisotopic (exact) mass is 473 g/mol. The number of methoxy groups -OCH3 is 1. The molecule has 0 amide bonds. The molecule has 0 bridgehead atoms. The highest BCUT2D eigenvalue weighted by Crippen LogP contribution is 2.40. The van der Waals surface area contributed by atoms with Gasteiger partial charge >= 0.3 is 12.1 Å². The number of hydrogen-bond acceptors (Lipinski definition) is 3. The van der Waals surface area contributed by atoms with Gasteiger partial charge in [0.25, 0.3) is 0 Å². The molecule has 34 heavy (non-hydrogen) atoms. The third-order valence-corrected chi connectivity index (χ3v) is 6.40. The summed E-state index contributed by atoms with van der Waals surface area (Å²) in [5.74, 6) is 6.02. The van der Waals surface area contributed by atoms with Crippen LogP contribution in [0.1, 0.15) is 44.2 Å². The Labute approximate surface area is 198 Å². The summed E-state index contributed by atoms with van der Waals surface area (Å²) >= 11 is 0. The van der Waals surface area contributed by atoms with E-state index in [0.29, 0.717) is 30.7 Å². The number of carboxylic acid groups (broad SMARTS) is 1. The Bertz CT molecular complexity index is 1010. The van der Waals surface area contributed by atoms with Crippen molar-refractivity contribution >= 4 is 5.97 Å². The van der Waals surface area contributed by atoms with Crippen LogP contribution in [0, 0.1) is 23.7 Å². The van der Waals surface area contributed by atoms with Gasteiger partial charge in [-0.1, -0.05) is 48.8 Å². The van der Waals surface area contributed by atoms with E-state index in [4.69, 9.17) is 4.74 Å². The fraction of sp³-hybridized carbons (Fsp3) is 0.444. The number of rotatable bonds is 6. The lowest BCUT2D eigenvalue weighted by atomic mass is 9.78. The lowest BCUT2D eigenvalue weighted by Crippen LogP contribution is -2.48. The average molecular weight is 474 g/mol. The van der Waals surface area contributed by atoms with E-state index in [-0.39, 0.29) is 36.8 Å². The SMILES string of the molecule is C=C(C)C#C[C@@H](c1ccc(OC)cc1)N1CC[C@H](CC(=O)O)C[C@@H]1C1C=CC(C(F)(F)F)=CC1. The molecule has 0 spiro atoms. The van der Waals surface area contributed by atoms with Crippen molar-refractivity contribution in [2.45, 2.75) is 50.9 Å². The molecule has 1 aromatic rings. The number of hydrogen-bond donors (Lipinski definition) is 1. The quantitative estimate of drug-likeness (QED) is 0.520. The molecule has 2 aliphatic rings. The molecule has 7 heteroatoms. The first kappa shape index (κ1) is 25.6. The summed E-state index contributed by atoms with van der Waals surface area (Å²) in [6, 6.07) is 7.14. The number of likely N-dealkylation sites (tertiary alicyclic amines) is 1. The lowest BCUT2D eigenvalue weighted by molar-refractivity contribution is -0.138. The Kier molecular flexibility index (Phi) is 8.27. The Balaban J connectivity index is 1.95. The van der Waals surface area contributed by atoms with Crippen LogP contribution in [0.2, 0.25) is 0 Å². The van der Waals surface area contributed by atoms with Crippen molar-refractivity contribution in [3.05, 3.63) is 65.8 Å². The first-order chi connectivity index (χ1) is 16.1.